The highest BCUT2D eigenvalue weighted by Crippen LogP contribution is 2.17. The number of nitrogens with zero attached hydrogens (tertiary/aromatic N) is 1. The van der Waals surface area contributed by atoms with Crippen LogP contribution in [-0.2, 0) is 9.59 Å². The number of amides is 2. The molecule has 0 aromatic heterocycles. The molecule has 130 valence electrons. The van der Waals surface area contributed by atoms with Gasteiger partial charge in [0.1, 0.15) is 0 Å². The fourth-order valence-corrected chi connectivity index (χ4v) is 2.32. The molecule has 0 saturated carbocycles. The summed E-state index contributed by atoms with van der Waals surface area (Å²) in [7, 11) is 0. The molecule has 0 heterocycles. The Balaban J connectivity index is 1.93. The molecular weight excluding hydrogens is 322 g/mol. The van der Waals surface area contributed by atoms with Crippen LogP contribution in [0.3, 0.4) is 0 Å². The van der Waals surface area contributed by atoms with Gasteiger partial charge in [-0.2, -0.15) is 0 Å². The van der Waals surface area contributed by atoms with E-state index in [1.165, 1.54) is 12.1 Å². The zero-order chi connectivity index (χ0) is 18.4. The van der Waals surface area contributed by atoms with E-state index in [0.29, 0.717) is 5.56 Å². The van der Waals surface area contributed by atoms with E-state index in [4.69, 9.17) is 0 Å². The van der Waals surface area contributed by atoms with Gasteiger partial charge in [-0.25, -0.2) is 0 Å². The molecule has 7 heteroatoms. The summed E-state index contributed by atoms with van der Waals surface area (Å²) in [5.41, 5.74) is 1.53. The quantitative estimate of drug-likeness (QED) is 0.496. The van der Waals surface area contributed by atoms with Gasteiger partial charge in [0.2, 0.25) is 0 Å². The molecule has 25 heavy (non-hydrogen) atoms. The largest absolute Gasteiger partial charge is 0.341 e. The van der Waals surface area contributed by atoms with Crippen molar-refractivity contribution >= 4 is 17.5 Å². The average molecular weight is 341 g/mol. The number of hydrogen-bond acceptors (Lipinski definition) is 4. The van der Waals surface area contributed by atoms with E-state index in [1.807, 2.05) is 30.3 Å². The number of nitro benzene ring substituents is 1. The molecule has 2 N–H and O–H groups in total. The molecule has 0 spiro atoms. The van der Waals surface area contributed by atoms with E-state index in [0.717, 1.165) is 5.56 Å². The molecule has 0 radical (unpaired) electrons. The van der Waals surface area contributed by atoms with Crippen LogP contribution in [0.25, 0.3) is 0 Å². The summed E-state index contributed by atoms with van der Waals surface area (Å²) in [4.78, 5) is 34.2. The van der Waals surface area contributed by atoms with Gasteiger partial charge in [-0.15, -0.1) is 0 Å². The number of rotatable bonds is 5. The number of carbonyl (C=O) groups excluding carboxylic acids is 2. The normalized spacial score (nSPS) is 12.7. The second-order valence-electron chi connectivity index (χ2n) is 5.65. The van der Waals surface area contributed by atoms with E-state index >= 15 is 0 Å². The van der Waals surface area contributed by atoms with Crippen LogP contribution in [-0.4, -0.2) is 16.7 Å². The average Bonchev–Trinajstić information content (AvgIpc) is 2.62. The summed E-state index contributed by atoms with van der Waals surface area (Å²) in [5.74, 6) is -1.49. The van der Waals surface area contributed by atoms with E-state index in [2.05, 4.69) is 10.6 Å². The maximum absolute atomic E-state index is 12.0. The standard InChI is InChI=1S/C18H19N3O4/c1-12(14-6-4-3-5-7-14)19-17(22)18(23)20-13(2)15-8-10-16(11-9-15)21(24)25/h3-13H,1-2H3,(H,19,22)(H,20,23)/t12-,13-/m0/s1. The summed E-state index contributed by atoms with van der Waals surface area (Å²) < 4.78 is 0. The first-order chi connectivity index (χ1) is 11.9. The Morgan fingerprint density at radius 3 is 1.72 bits per heavy atom. The minimum Gasteiger partial charge on any atom is -0.341 e. The summed E-state index contributed by atoms with van der Waals surface area (Å²) in [5, 5.41) is 15.9. The van der Waals surface area contributed by atoms with Crippen molar-refractivity contribution in [3.05, 3.63) is 75.8 Å². The lowest BCUT2D eigenvalue weighted by molar-refractivity contribution is -0.384. The first-order valence-corrected chi connectivity index (χ1v) is 7.79. The van der Waals surface area contributed by atoms with E-state index in [-0.39, 0.29) is 11.7 Å². The Bertz CT molecular complexity index is 760. The molecule has 2 atom stereocenters. The van der Waals surface area contributed by atoms with Crippen molar-refractivity contribution < 1.29 is 14.5 Å². The topological polar surface area (TPSA) is 101 Å². The molecule has 0 fully saturated rings. The molecule has 0 bridgehead atoms. The lowest BCUT2D eigenvalue weighted by Crippen LogP contribution is -2.41. The Labute approximate surface area is 145 Å². The van der Waals surface area contributed by atoms with Crippen LogP contribution >= 0.6 is 0 Å². The maximum atomic E-state index is 12.0. The maximum Gasteiger partial charge on any atom is 0.309 e. The molecule has 2 rings (SSSR count). The highest BCUT2D eigenvalue weighted by Gasteiger charge is 2.19. The van der Waals surface area contributed by atoms with Gasteiger partial charge in [0.05, 0.1) is 17.0 Å². The van der Waals surface area contributed by atoms with Crippen molar-refractivity contribution in [1.29, 1.82) is 0 Å². The Morgan fingerprint density at radius 1 is 0.840 bits per heavy atom. The van der Waals surface area contributed by atoms with Crippen molar-refractivity contribution in [2.75, 3.05) is 0 Å². The fourth-order valence-electron chi connectivity index (χ4n) is 2.32. The number of nitrogens with one attached hydrogen (secondary N) is 2. The molecule has 0 aliphatic carbocycles. The van der Waals surface area contributed by atoms with Gasteiger partial charge in [0, 0.05) is 12.1 Å². The van der Waals surface area contributed by atoms with Gasteiger partial charge >= 0.3 is 11.8 Å². The van der Waals surface area contributed by atoms with Gasteiger partial charge in [-0.05, 0) is 25.0 Å². The van der Waals surface area contributed by atoms with E-state index in [9.17, 15) is 19.7 Å². The summed E-state index contributed by atoms with van der Waals surface area (Å²) in [6, 6.07) is 14.4. The minimum atomic E-state index is -0.756. The molecule has 0 saturated heterocycles. The van der Waals surface area contributed by atoms with Crippen LogP contribution in [0.15, 0.2) is 54.6 Å². The van der Waals surface area contributed by atoms with Crippen molar-refractivity contribution in [2.45, 2.75) is 25.9 Å². The molecule has 0 aliphatic heterocycles. The van der Waals surface area contributed by atoms with Crippen LogP contribution in [0.4, 0.5) is 5.69 Å². The Kier molecular flexibility index (Phi) is 5.84. The highest BCUT2D eigenvalue weighted by molar-refractivity contribution is 6.35. The zero-order valence-electron chi connectivity index (χ0n) is 13.9. The first kappa shape index (κ1) is 18.1. The highest BCUT2D eigenvalue weighted by atomic mass is 16.6. The minimum absolute atomic E-state index is 0.0308. The molecule has 7 nitrogen and oxygen atoms in total. The smallest absolute Gasteiger partial charge is 0.309 e. The van der Waals surface area contributed by atoms with Gasteiger partial charge in [0.25, 0.3) is 5.69 Å². The third-order valence-electron chi connectivity index (χ3n) is 3.80. The van der Waals surface area contributed by atoms with Gasteiger partial charge in [0.15, 0.2) is 0 Å². The monoisotopic (exact) mass is 341 g/mol. The van der Waals surface area contributed by atoms with Crippen LogP contribution < -0.4 is 10.6 Å². The zero-order valence-corrected chi connectivity index (χ0v) is 13.9. The van der Waals surface area contributed by atoms with Crippen LogP contribution in [0.1, 0.15) is 37.1 Å². The molecule has 0 unspecified atom stereocenters. The number of non-ortho nitro benzene ring substituents is 1. The molecule has 2 amide bonds. The Morgan fingerprint density at radius 2 is 1.28 bits per heavy atom. The van der Waals surface area contributed by atoms with Crippen molar-refractivity contribution in [2.24, 2.45) is 0 Å². The predicted octanol–water partition coefficient (Wildman–Crippen LogP) is 2.65. The Hall–Kier alpha value is -3.22. The molecular formula is C18H19N3O4. The fraction of sp³-hybridized carbons (Fsp3) is 0.222. The molecule has 0 aliphatic rings. The van der Waals surface area contributed by atoms with Gasteiger partial charge in [-0.1, -0.05) is 42.5 Å². The first-order valence-electron chi connectivity index (χ1n) is 7.79. The lowest BCUT2D eigenvalue weighted by Gasteiger charge is -2.17. The van der Waals surface area contributed by atoms with Crippen molar-refractivity contribution in [1.82, 2.24) is 10.6 Å². The number of benzene rings is 2. The third kappa shape index (κ3) is 4.87. The summed E-state index contributed by atoms with van der Waals surface area (Å²) >= 11 is 0. The SMILES string of the molecule is C[C@H](NC(=O)C(=O)N[C@@H](C)c1ccc([N+](=O)[O-])cc1)c1ccccc1. The van der Waals surface area contributed by atoms with E-state index in [1.54, 1.807) is 26.0 Å². The molecule has 2 aromatic carbocycles. The summed E-state index contributed by atoms with van der Waals surface area (Å²) in [6.07, 6.45) is 0. The van der Waals surface area contributed by atoms with Crippen LogP contribution in [0.2, 0.25) is 0 Å². The van der Waals surface area contributed by atoms with Crippen LogP contribution in [0.5, 0.6) is 0 Å². The molecule has 2 aromatic rings. The number of nitro groups is 1. The van der Waals surface area contributed by atoms with Crippen molar-refractivity contribution in [3.8, 4) is 0 Å². The van der Waals surface area contributed by atoms with Crippen LogP contribution in [0, 0.1) is 10.1 Å². The van der Waals surface area contributed by atoms with E-state index < -0.39 is 22.8 Å². The predicted molar refractivity (Wildman–Crippen MR) is 92.7 cm³/mol. The second kappa shape index (κ2) is 8.05. The number of carbonyl (C=O) groups is 2. The van der Waals surface area contributed by atoms with Gasteiger partial charge < -0.3 is 10.6 Å². The van der Waals surface area contributed by atoms with Crippen molar-refractivity contribution in [3.63, 3.8) is 0 Å². The second-order valence-corrected chi connectivity index (χ2v) is 5.65. The lowest BCUT2D eigenvalue weighted by atomic mass is 10.1. The summed E-state index contributed by atoms with van der Waals surface area (Å²) in [6.45, 7) is 3.49. The third-order valence-corrected chi connectivity index (χ3v) is 3.80. The van der Waals surface area contributed by atoms with Gasteiger partial charge in [-0.3, -0.25) is 19.7 Å². The number of hydrogen-bond donors (Lipinski definition) is 2.